The number of sulfone groups is 1. The van der Waals surface area contributed by atoms with Crippen LogP contribution in [0.2, 0.25) is 0 Å². The van der Waals surface area contributed by atoms with E-state index in [1.165, 1.54) is 13.2 Å². The Bertz CT molecular complexity index is 597. The van der Waals surface area contributed by atoms with Crippen LogP contribution in [0.15, 0.2) is 18.2 Å². The van der Waals surface area contributed by atoms with Crippen molar-refractivity contribution in [2.24, 2.45) is 0 Å². The number of aromatic carboxylic acids is 1. The van der Waals surface area contributed by atoms with E-state index in [0.29, 0.717) is 25.4 Å². The molecule has 1 aliphatic heterocycles. The van der Waals surface area contributed by atoms with Crippen LogP contribution in [0.3, 0.4) is 0 Å². The predicted octanol–water partition coefficient (Wildman–Crippen LogP) is 0.624. The molecule has 0 unspecified atom stereocenters. The van der Waals surface area contributed by atoms with Gasteiger partial charge >= 0.3 is 5.97 Å². The SMILES string of the molecule is COc1cc(CN2CCS(=O)(=O)CC2)ccc1C(=O)O. The number of carboxylic acids is 1. The zero-order valence-electron chi connectivity index (χ0n) is 11.2. The summed E-state index contributed by atoms with van der Waals surface area (Å²) in [6, 6.07) is 4.93. The average Bonchev–Trinajstić information content (AvgIpc) is 2.40. The Morgan fingerprint density at radius 1 is 1.35 bits per heavy atom. The smallest absolute Gasteiger partial charge is 0.339 e. The maximum atomic E-state index is 11.4. The van der Waals surface area contributed by atoms with Crippen LogP contribution in [0.5, 0.6) is 5.75 Å². The van der Waals surface area contributed by atoms with Crippen molar-refractivity contribution in [2.75, 3.05) is 31.7 Å². The summed E-state index contributed by atoms with van der Waals surface area (Å²) < 4.78 is 27.8. The Balaban J connectivity index is 2.09. The fourth-order valence-electron chi connectivity index (χ4n) is 2.18. The minimum Gasteiger partial charge on any atom is -0.496 e. The molecule has 0 radical (unpaired) electrons. The van der Waals surface area contributed by atoms with E-state index in [2.05, 4.69) is 0 Å². The second-order valence-electron chi connectivity index (χ2n) is 4.77. The molecule has 1 aromatic carbocycles. The zero-order chi connectivity index (χ0) is 14.8. The molecule has 110 valence electrons. The van der Waals surface area contributed by atoms with E-state index in [9.17, 15) is 13.2 Å². The molecule has 0 bridgehead atoms. The van der Waals surface area contributed by atoms with Gasteiger partial charge in [-0.3, -0.25) is 4.90 Å². The van der Waals surface area contributed by atoms with E-state index < -0.39 is 15.8 Å². The first-order valence-corrected chi connectivity index (χ1v) is 8.06. The van der Waals surface area contributed by atoms with Crippen molar-refractivity contribution in [1.29, 1.82) is 0 Å². The quantitative estimate of drug-likeness (QED) is 0.877. The molecule has 1 heterocycles. The Kier molecular flexibility index (Phi) is 4.29. The van der Waals surface area contributed by atoms with Gasteiger partial charge in [0, 0.05) is 19.6 Å². The molecule has 0 spiro atoms. The first-order chi connectivity index (χ1) is 9.41. The lowest BCUT2D eigenvalue weighted by molar-refractivity contribution is 0.0693. The van der Waals surface area contributed by atoms with Gasteiger partial charge in [-0.25, -0.2) is 13.2 Å². The molecule has 1 aliphatic rings. The van der Waals surface area contributed by atoms with Gasteiger partial charge in [-0.2, -0.15) is 0 Å². The summed E-state index contributed by atoms with van der Waals surface area (Å²) in [5.41, 5.74) is 1.03. The molecule has 1 fully saturated rings. The minimum atomic E-state index is -2.88. The van der Waals surface area contributed by atoms with Crippen LogP contribution in [-0.4, -0.2) is 56.1 Å². The largest absolute Gasteiger partial charge is 0.496 e. The molecular formula is C13H17NO5S. The van der Waals surface area contributed by atoms with E-state index in [0.717, 1.165) is 5.56 Å². The number of nitrogens with zero attached hydrogens (tertiary/aromatic N) is 1. The number of hydrogen-bond acceptors (Lipinski definition) is 5. The highest BCUT2D eigenvalue weighted by atomic mass is 32.2. The van der Waals surface area contributed by atoms with Crippen LogP contribution in [0.1, 0.15) is 15.9 Å². The second-order valence-corrected chi connectivity index (χ2v) is 7.07. The summed E-state index contributed by atoms with van der Waals surface area (Å²) in [5.74, 6) is -0.355. The Hall–Kier alpha value is -1.60. The molecule has 0 saturated carbocycles. The highest BCUT2D eigenvalue weighted by molar-refractivity contribution is 7.91. The van der Waals surface area contributed by atoms with Crippen LogP contribution >= 0.6 is 0 Å². The first kappa shape index (κ1) is 14.8. The monoisotopic (exact) mass is 299 g/mol. The van der Waals surface area contributed by atoms with Crippen LogP contribution in [0, 0.1) is 0 Å². The number of methoxy groups -OCH3 is 1. The highest BCUT2D eigenvalue weighted by Crippen LogP contribution is 2.21. The third-order valence-electron chi connectivity index (χ3n) is 3.34. The number of carboxylic acid groups (broad SMARTS) is 1. The molecule has 0 atom stereocenters. The molecular weight excluding hydrogens is 282 g/mol. The molecule has 1 N–H and O–H groups in total. The normalized spacial score (nSPS) is 18.6. The van der Waals surface area contributed by atoms with Gasteiger partial charge in [0.05, 0.1) is 18.6 Å². The maximum Gasteiger partial charge on any atom is 0.339 e. The van der Waals surface area contributed by atoms with Gasteiger partial charge in [-0.05, 0) is 17.7 Å². The number of ether oxygens (including phenoxy) is 1. The van der Waals surface area contributed by atoms with E-state index in [-0.39, 0.29) is 17.1 Å². The molecule has 1 aromatic rings. The van der Waals surface area contributed by atoms with E-state index in [4.69, 9.17) is 9.84 Å². The molecule has 6 nitrogen and oxygen atoms in total. The van der Waals surface area contributed by atoms with E-state index in [1.807, 2.05) is 4.90 Å². The van der Waals surface area contributed by atoms with Gasteiger partial charge in [0.2, 0.25) is 0 Å². The fraction of sp³-hybridized carbons (Fsp3) is 0.462. The summed E-state index contributed by atoms with van der Waals surface area (Å²) in [4.78, 5) is 13.0. The number of hydrogen-bond donors (Lipinski definition) is 1. The van der Waals surface area contributed by atoms with Crippen molar-refractivity contribution >= 4 is 15.8 Å². The van der Waals surface area contributed by atoms with Crippen molar-refractivity contribution < 1.29 is 23.1 Å². The second kappa shape index (κ2) is 5.80. The van der Waals surface area contributed by atoms with Gasteiger partial charge in [-0.1, -0.05) is 6.07 Å². The number of carbonyl (C=O) groups is 1. The van der Waals surface area contributed by atoms with Crippen molar-refractivity contribution in [3.63, 3.8) is 0 Å². The third-order valence-corrected chi connectivity index (χ3v) is 4.95. The first-order valence-electron chi connectivity index (χ1n) is 6.24. The number of benzene rings is 1. The predicted molar refractivity (Wildman–Crippen MR) is 73.9 cm³/mol. The summed E-state index contributed by atoms with van der Waals surface area (Å²) in [7, 11) is -1.45. The summed E-state index contributed by atoms with van der Waals surface area (Å²) in [5, 5.41) is 9.01. The third kappa shape index (κ3) is 3.49. The molecule has 0 aromatic heterocycles. The summed E-state index contributed by atoms with van der Waals surface area (Å²) in [6.07, 6.45) is 0. The lowest BCUT2D eigenvalue weighted by Gasteiger charge is -2.26. The number of rotatable bonds is 4. The summed E-state index contributed by atoms with van der Waals surface area (Å²) in [6.45, 7) is 1.60. The maximum absolute atomic E-state index is 11.4. The molecule has 0 amide bonds. The van der Waals surface area contributed by atoms with Crippen LogP contribution < -0.4 is 4.74 Å². The van der Waals surface area contributed by atoms with Crippen molar-refractivity contribution in [3.05, 3.63) is 29.3 Å². The zero-order valence-corrected chi connectivity index (χ0v) is 12.0. The van der Waals surface area contributed by atoms with Crippen LogP contribution in [0.4, 0.5) is 0 Å². The lowest BCUT2D eigenvalue weighted by Crippen LogP contribution is -2.39. The topological polar surface area (TPSA) is 83.9 Å². The van der Waals surface area contributed by atoms with Gasteiger partial charge < -0.3 is 9.84 Å². The highest BCUT2D eigenvalue weighted by Gasteiger charge is 2.22. The standard InChI is InChI=1S/C13H17NO5S/c1-19-12-8-10(2-3-11(12)13(15)16)9-14-4-6-20(17,18)7-5-14/h2-3,8H,4-7,9H2,1H3,(H,15,16). The van der Waals surface area contributed by atoms with E-state index in [1.54, 1.807) is 12.1 Å². The van der Waals surface area contributed by atoms with Gasteiger partial charge in [0.1, 0.15) is 11.3 Å². The van der Waals surface area contributed by atoms with Crippen molar-refractivity contribution in [3.8, 4) is 5.75 Å². The van der Waals surface area contributed by atoms with Gasteiger partial charge in [0.15, 0.2) is 9.84 Å². The van der Waals surface area contributed by atoms with Crippen LogP contribution in [0.25, 0.3) is 0 Å². The molecule has 1 saturated heterocycles. The lowest BCUT2D eigenvalue weighted by atomic mass is 10.1. The Morgan fingerprint density at radius 2 is 2.00 bits per heavy atom. The van der Waals surface area contributed by atoms with E-state index >= 15 is 0 Å². The minimum absolute atomic E-state index is 0.123. The fourth-order valence-corrected chi connectivity index (χ4v) is 3.45. The molecule has 20 heavy (non-hydrogen) atoms. The Labute approximate surface area is 117 Å². The van der Waals surface area contributed by atoms with Crippen LogP contribution in [-0.2, 0) is 16.4 Å². The van der Waals surface area contributed by atoms with Crippen molar-refractivity contribution in [1.82, 2.24) is 4.90 Å². The Morgan fingerprint density at radius 3 is 2.55 bits per heavy atom. The summed E-state index contributed by atoms with van der Waals surface area (Å²) >= 11 is 0. The van der Waals surface area contributed by atoms with Gasteiger partial charge in [-0.15, -0.1) is 0 Å². The van der Waals surface area contributed by atoms with Gasteiger partial charge in [0.25, 0.3) is 0 Å². The molecule has 7 heteroatoms. The van der Waals surface area contributed by atoms with Crippen molar-refractivity contribution in [2.45, 2.75) is 6.54 Å². The molecule has 2 rings (SSSR count). The average molecular weight is 299 g/mol. The molecule has 0 aliphatic carbocycles.